The second-order valence-electron chi connectivity index (χ2n) is 6.73. The molecular weight excluding hydrogens is 316 g/mol. The molecule has 1 heterocycles. The van der Waals surface area contributed by atoms with Crippen molar-refractivity contribution in [2.75, 3.05) is 7.11 Å². The van der Waals surface area contributed by atoms with Crippen LogP contribution in [0.15, 0.2) is 54.8 Å². The molecule has 0 aromatic heterocycles. The van der Waals surface area contributed by atoms with Gasteiger partial charge < -0.3 is 14.6 Å². The number of carbonyl (C=O) groups is 1. The summed E-state index contributed by atoms with van der Waals surface area (Å²) in [4.78, 5) is 13.0. The van der Waals surface area contributed by atoms with Crippen LogP contribution in [0, 0.1) is 0 Å². The first-order valence-electron chi connectivity index (χ1n) is 8.21. The minimum atomic E-state index is -0.838. The van der Waals surface area contributed by atoms with E-state index in [1.807, 2.05) is 44.2 Å². The van der Waals surface area contributed by atoms with Gasteiger partial charge in [0.25, 0.3) is 0 Å². The number of fused-ring (bicyclic) bond motifs is 1. The lowest BCUT2D eigenvalue weighted by molar-refractivity contribution is 0.0845. The van der Waals surface area contributed by atoms with Crippen molar-refractivity contribution < 1.29 is 19.4 Å². The zero-order valence-electron chi connectivity index (χ0n) is 14.7. The smallest absolute Gasteiger partial charge is 0.171 e. The first kappa shape index (κ1) is 17.1. The van der Waals surface area contributed by atoms with Crippen LogP contribution in [0.1, 0.15) is 47.9 Å². The van der Waals surface area contributed by atoms with E-state index in [4.69, 9.17) is 9.47 Å². The van der Waals surface area contributed by atoms with Gasteiger partial charge in [-0.25, -0.2) is 0 Å². The number of hydrogen-bond acceptors (Lipinski definition) is 4. The average Bonchev–Trinajstić information content (AvgIpc) is 2.61. The molecular formula is C21H22O4. The zero-order chi connectivity index (χ0) is 18.2. The number of ketones is 1. The molecule has 4 nitrogen and oxygen atoms in total. The first-order valence-corrected chi connectivity index (χ1v) is 8.21. The molecule has 0 fully saturated rings. The zero-order valence-corrected chi connectivity index (χ0v) is 14.7. The molecule has 2 aromatic rings. The Balaban J connectivity index is 2.13. The van der Waals surface area contributed by atoms with Gasteiger partial charge in [0.05, 0.1) is 30.3 Å². The predicted octanol–water partition coefficient (Wildman–Crippen LogP) is 4.75. The number of ether oxygens (including phenoxy) is 2. The Bertz CT molecular complexity index is 821. The number of methoxy groups -OCH3 is 1. The van der Waals surface area contributed by atoms with Crippen LogP contribution < -0.4 is 9.47 Å². The summed E-state index contributed by atoms with van der Waals surface area (Å²) in [5, 5.41) is 10.1. The number of aliphatic hydroxyl groups excluding tert-OH is 1. The van der Waals surface area contributed by atoms with Gasteiger partial charge in [0.1, 0.15) is 17.6 Å². The summed E-state index contributed by atoms with van der Waals surface area (Å²) in [7, 11) is 1.54. The molecule has 0 spiro atoms. The highest BCUT2D eigenvalue weighted by atomic mass is 16.5. The lowest BCUT2D eigenvalue weighted by Gasteiger charge is -2.33. The quantitative estimate of drug-likeness (QED) is 0.817. The maximum atomic E-state index is 13.0. The number of benzene rings is 2. The van der Waals surface area contributed by atoms with Gasteiger partial charge in [-0.3, -0.25) is 4.79 Å². The minimum absolute atomic E-state index is 0.0293. The summed E-state index contributed by atoms with van der Waals surface area (Å²) in [5.74, 6) is 0.986. The Kier molecular flexibility index (Phi) is 4.29. The van der Waals surface area contributed by atoms with Gasteiger partial charge in [-0.2, -0.15) is 0 Å². The number of carbonyl (C=O) groups excluding carboxylic acids is 1. The van der Waals surface area contributed by atoms with Crippen LogP contribution in [0.4, 0.5) is 0 Å². The van der Waals surface area contributed by atoms with E-state index in [0.717, 1.165) is 5.56 Å². The van der Waals surface area contributed by atoms with Crippen molar-refractivity contribution in [1.29, 1.82) is 0 Å². The van der Waals surface area contributed by atoms with Crippen molar-refractivity contribution in [2.45, 2.75) is 31.8 Å². The Hall–Kier alpha value is -2.75. The molecule has 3 rings (SSSR count). The van der Waals surface area contributed by atoms with Crippen LogP contribution in [0.5, 0.6) is 11.5 Å². The van der Waals surface area contributed by atoms with Gasteiger partial charge in [0, 0.05) is 5.56 Å². The van der Waals surface area contributed by atoms with Gasteiger partial charge in [-0.1, -0.05) is 36.9 Å². The van der Waals surface area contributed by atoms with E-state index in [2.05, 4.69) is 6.58 Å². The fourth-order valence-electron chi connectivity index (χ4n) is 3.19. The highest BCUT2D eigenvalue weighted by molar-refractivity contribution is 6.02. The normalized spacial score (nSPS) is 16.8. The van der Waals surface area contributed by atoms with Crippen LogP contribution in [-0.4, -0.2) is 18.0 Å². The van der Waals surface area contributed by atoms with Crippen LogP contribution in [0.3, 0.4) is 0 Å². The van der Waals surface area contributed by atoms with Crippen LogP contribution in [0.25, 0.3) is 0 Å². The van der Waals surface area contributed by atoms with Crippen molar-refractivity contribution in [1.82, 2.24) is 0 Å². The van der Waals surface area contributed by atoms with Gasteiger partial charge in [-0.15, -0.1) is 0 Å². The van der Waals surface area contributed by atoms with Crippen LogP contribution >= 0.6 is 0 Å². The molecule has 0 amide bonds. The van der Waals surface area contributed by atoms with E-state index < -0.39 is 5.41 Å². The molecule has 1 aliphatic rings. The van der Waals surface area contributed by atoms with E-state index in [1.165, 1.54) is 0 Å². The molecule has 0 saturated carbocycles. The summed E-state index contributed by atoms with van der Waals surface area (Å²) in [5.41, 5.74) is 1.20. The number of hydrogen-bond donors (Lipinski definition) is 1. The Labute approximate surface area is 147 Å². The third-order valence-corrected chi connectivity index (χ3v) is 4.79. The third-order valence-electron chi connectivity index (χ3n) is 4.79. The predicted molar refractivity (Wildman–Crippen MR) is 96.5 cm³/mol. The number of aliphatic hydroxyl groups is 1. The second kappa shape index (κ2) is 6.28. The third kappa shape index (κ3) is 2.88. The number of allylic oxidation sites excluding steroid dienone is 1. The van der Waals surface area contributed by atoms with Gasteiger partial charge in [0.2, 0.25) is 0 Å². The maximum absolute atomic E-state index is 13.0. The molecule has 130 valence electrons. The van der Waals surface area contributed by atoms with E-state index >= 15 is 0 Å². The van der Waals surface area contributed by atoms with Gasteiger partial charge in [-0.05, 0) is 31.5 Å². The minimum Gasteiger partial charge on any atom is -0.512 e. The Morgan fingerprint density at radius 2 is 1.92 bits per heavy atom. The second-order valence-corrected chi connectivity index (χ2v) is 6.73. The van der Waals surface area contributed by atoms with Gasteiger partial charge >= 0.3 is 0 Å². The number of rotatable bonds is 4. The van der Waals surface area contributed by atoms with E-state index in [1.54, 1.807) is 19.2 Å². The summed E-state index contributed by atoms with van der Waals surface area (Å²) in [6.45, 7) is 7.28. The molecule has 0 radical (unpaired) electrons. The average molecular weight is 338 g/mol. The number of Topliss-reactive ketones (excluding diaryl/α,β-unsaturated/α-hetero) is 1. The highest BCUT2D eigenvalue weighted by Gasteiger charge is 2.38. The molecule has 0 aliphatic carbocycles. The standard InChI is InChI=1S/C21H22O4/c1-13(22)21(2,3)20-17(24-4)11-10-16-19(20)15(23)12-18(25-16)14-8-6-5-7-9-14/h5-11,18,22H,1,12H2,2-4H3. The summed E-state index contributed by atoms with van der Waals surface area (Å²) >= 11 is 0. The lowest BCUT2D eigenvalue weighted by atomic mass is 9.77. The molecule has 2 aromatic carbocycles. The van der Waals surface area contributed by atoms with E-state index in [-0.39, 0.29) is 24.1 Å². The topological polar surface area (TPSA) is 55.8 Å². The summed E-state index contributed by atoms with van der Waals surface area (Å²) < 4.78 is 11.6. The fourth-order valence-corrected chi connectivity index (χ4v) is 3.19. The van der Waals surface area contributed by atoms with Gasteiger partial charge in [0.15, 0.2) is 5.78 Å². The summed E-state index contributed by atoms with van der Waals surface area (Å²) in [6.07, 6.45) is -0.0755. The molecule has 0 saturated heterocycles. The van der Waals surface area contributed by atoms with E-state index in [9.17, 15) is 9.90 Å². The maximum Gasteiger partial charge on any atom is 0.171 e. The fraction of sp³-hybridized carbons (Fsp3) is 0.286. The molecule has 1 unspecified atom stereocenters. The Morgan fingerprint density at radius 1 is 1.24 bits per heavy atom. The first-order chi connectivity index (χ1) is 11.9. The van der Waals surface area contributed by atoms with Crippen LogP contribution in [0.2, 0.25) is 0 Å². The van der Waals surface area contributed by atoms with E-state index in [0.29, 0.717) is 22.6 Å². The SMILES string of the molecule is C=C(O)C(C)(C)c1c(OC)ccc2c1C(=O)CC(c1ccccc1)O2. The highest BCUT2D eigenvalue weighted by Crippen LogP contribution is 2.46. The largest absolute Gasteiger partial charge is 0.512 e. The van der Waals surface area contributed by atoms with Crippen LogP contribution in [-0.2, 0) is 5.41 Å². The van der Waals surface area contributed by atoms with Crippen molar-refractivity contribution >= 4 is 5.78 Å². The lowest BCUT2D eigenvalue weighted by Crippen LogP contribution is -2.28. The molecule has 1 N–H and O–H groups in total. The van der Waals surface area contributed by atoms with Crippen molar-refractivity contribution in [3.63, 3.8) is 0 Å². The summed E-state index contributed by atoms with van der Waals surface area (Å²) in [6, 6.07) is 13.2. The van der Waals surface area contributed by atoms with Crippen molar-refractivity contribution in [2.24, 2.45) is 0 Å². The van der Waals surface area contributed by atoms with Crippen molar-refractivity contribution in [3.05, 3.63) is 71.5 Å². The molecule has 0 bridgehead atoms. The molecule has 25 heavy (non-hydrogen) atoms. The monoisotopic (exact) mass is 338 g/mol. The Morgan fingerprint density at radius 3 is 2.52 bits per heavy atom. The molecule has 1 atom stereocenters. The molecule has 1 aliphatic heterocycles. The van der Waals surface area contributed by atoms with Crippen molar-refractivity contribution in [3.8, 4) is 11.5 Å². The molecule has 4 heteroatoms.